The lowest BCUT2D eigenvalue weighted by molar-refractivity contribution is 0.188. The van der Waals surface area contributed by atoms with Crippen LogP contribution < -0.4 is 0 Å². The molecule has 2 nitrogen and oxygen atoms in total. The van der Waals surface area contributed by atoms with Crippen molar-refractivity contribution in [2.75, 3.05) is 13.1 Å². The second-order valence-electron chi connectivity index (χ2n) is 5.31. The van der Waals surface area contributed by atoms with E-state index < -0.39 is 0 Å². The summed E-state index contributed by atoms with van der Waals surface area (Å²) in [6, 6.07) is 3.18. The Kier molecular flexibility index (Phi) is 4.60. The van der Waals surface area contributed by atoms with E-state index in [0.29, 0.717) is 0 Å². The van der Waals surface area contributed by atoms with Crippen LogP contribution in [0.1, 0.15) is 52.9 Å². The molecule has 0 spiro atoms. The first-order valence-corrected chi connectivity index (χ1v) is 6.24. The Bertz CT molecular complexity index is 221. The third kappa shape index (κ3) is 3.83. The first-order chi connectivity index (χ1) is 7.09. The first kappa shape index (κ1) is 12.5. The maximum absolute atomic E-state index is 8.98. The molecule has 0 N–H and O–H groups in total. The monoisotopic (exact) mass is 208 g/mol. The second-order valence-corrected chi connectivity index (χ2v) is 5.31. The van der Waals surface area contributed by atoms with Crippen molar-refractivity contribution in [3.63, 3.8) is 0 Å². The van der Waals surface area contributed by atoms with Gasteiger partial charge in [0.05, 0.1) is 11.5 Å². The maximum atomic E-state index is 8.98. The maximum Gasteiger partial charge on any atom is 0.0684 e. The van der Waals surface area contributed by atoms with Crippen LogP contribution in [0, 0.1) is 16.7 Å². The van der Waals surface area contributed by atoms with Gasteiger partial charge in [-0.2, -0.15) is 5.26 Å². The van der Waals surface area contributed by atoms with Gasteiger partial charge in [0.1, 0.15) is 0 Å². The van der Waals surface area contributed by atoms with E-state index in [9.17, 15) is 0 Å². The van der Waals surface area contributed by atoms with Crippen molar-refractivity contribution in [1.82, 2.24) is 4.90 Å². The number of hydrogen-bond acceptors (Lipinski definition) is 2. The molecule has 15 heavy (non-hydrogen) atoms. The van der Waals surface area contributed by atoms with Crippen molar-refractivity contribution in [3.05, 3.63) is 0 Å². The quantitative estimate of drug-likeness (QED) is 0.694. The minimum Gasteiger partial charge on any atom is -0.301 e. The molecule has 0 unspecified atom stereocenters. The molecular weight excluding hydrogens is 184 g/mol. The van der Waals surface area contributed by atoms with Gasteiger partial charge in [0.2, 0.25) is 0 Å². The summed E-state index contributed by atoms with van der Waals surface area (Å²) < 4.78 is 0. The molecule has 0 atom stereocenters. The van der Waals surface area contributed by atoms with Gasteiger partial charge in [0.25, 0.3) is 0 Å². The Hall–Kier alpha value is -0.550. The molecule has 2 heteroatoms. The van der Waals surface area contributed by atoms with Crippen LogP contribution in [0.5, 0.6) is 0 Å². The molecule has 1 aliphatic rings. The highest BCUT2D eigenvalue weighted by atomic mass is 15.1. The molecule has 1 aliphatic carbocycles. The van der Waals surface area contributed by atoms with Gasteiger partial charge in [-0.15, -0.1) is 0 Å². The van der Waals surface area contributed by atoms with Gasteiger partial charge >= 0.3 is 0 Å². The van der Waals surface area contributed by atoms with Crippen molar-refractivity contribution in [2.45, 2.75) is 58.9 Å². The number of nitriles is 1. The van der Waals surface area contributed by atoms with E-state index in [-0.39, 0.29) is 5.41 Å². The molecule has 0 aliphatic heterocycles. The molecule has 0 radical (unpaired) electrons. The number of hydrogen-bond donors (Lipinski definition) is 0. The third-order valence-corrected chi connectivity index (χ3v) is 3.57. The smallest absolute Gasteiger partial charge is 0.0684 e. The van der Waals surface area contributed by atoms with E-state index >= 15 is 0 Å². The molecule has 0 bridgehead atoms. The lowest BCUT2D eigenvalue weighted by Crippen LogP contribution is -2.35. The largest absolute Gasteiger partial charge is 0.301 e. The lowest BCUT2D eigenvalue weighted by Gasteiger charge is -2.29. The van der Waals surface area contributed by atoms with Crippen molar-refractivity contribution in [2.24, 2.45) is 5.41 Å². The molecular formula is C13H24N2. The standard InChI is InChI=1S/C13H24N2/c1-4-15(12-7-5-6-8-12)10-9-13(2,3)11-14/h12H,4-10H2,1-3H3. The average molecular weight is 208 g/mol. The third-order valence-electron chi connectivity index (χ3n) is 3.57. The summed E-state index contributed by atoms with van der Waals surface area (Å²) in [6.45, 7) is 8.52. The number of rotatable bonds is 5. The van der Waals surface area contributed by atoms with Crippen LogP contribution in [0.4, 0.5) is 0 Å². The minimum atomic E-state index is -0.161. The summed E-state index contributed by atoms with van der Waals surface area (Å²) in [5, 5.41) is 8.98. The van der Waals surface area contributed by atoms with E-state index in [1.807, 2.05) is 13.8 Å². The lowest BCUT2D eigenvalue weighted by atomic mass is 9.91. The van der Waals surface area contributed by atoms with E-state index in [2.05, 4.69) is 17.9 Å². The van der Waals surface area contributed by atoms with E-state index in [1.54, 1.807) is 0 Å². The summed E-state index contributed by atoms with van der Waals surface area (Å²) >= 11 is 0. The SMILES string of the molecule is CCN(CCC(C)(C)C#N)C1CCCC1. The first-order valence-electron chi connectivity index (χ1n) is 6.24. The predicted octanol–water partition coefficient (Wildman–Crippen LogP) is 3.19. The van der Waals surface area contributed by atoms with Gasteiger partial charge < -0.3 is 4.90 Å². The Morgan fingerprint density at radius 1 is 1.33 bits per heavy atom. The Labute approximate surface area is 94.3 Å². The summed E-state index contributed by atoms with van der Waals surface area (Å²) in [4.78, 5) is 2.56. The van der Waals surface area contributed by atoms with Gasteiger partial charge in [0, 0.05) is 6.04 Å². The molecule has 1 rings (SSSR count). The fraction of sp³-hybridized carbons (Fsp3) is 0.923. The summed E-state index contributed by atoms with van der Waals surface area (Å²) in [5.41, 5.74) is -0.161. The fourth-order valence-electron chi connectivity index (χ4n) is 2.35. The van der Waals surface area contributed by atoms with Gasteiger partial charge in [-0.25, -0.2) is 0 Å². The minimum absolute atomic E-state index is 0.161. The van der Waals surface area contributed by atoms with Crippen LogP contribution in [-0.4, -0.2) is 24.0 Å². The zero-order valence-electron chi connectivity index (χ0n) is 10.4. The van der Waals surface area contributed by atoms with Gasteiger partial charge in [0.15, 0.2) is 0 Å². The molecule has 86 valence electrons. The zero-order valence-corrected chi connectivity index (χ0v) is 10.4. The fourth-order valence-corrected chi connectivity index (χ4v) is 2.35. The summed E-state index contributed by atoms with van der Waals surface area (Å²) in [5.74, 6) is 0. The highest BCUT2D eigenvalue weighted by molar-refractivity contribution is 4.92. The van der Waals surface area contributed by atoms with Gasteiger partial charge in [-0.05, 0) is 46.2 Å². The molecule has 1 fully saturated rings. The Balaban J connectivity index is 2.37. The van der Waals surface area contributed by atoms with Crippen LogP contribution in [-0.2, 0) is 0 Å². The topological polar surface area (TPSA) is 27.0 Å². The molecule has 0 amide bonds. The Morgan fingerprint density at radius 2 is 1.93 bits per heavy atom. The van der Waals surface area contributed by atoms with Crippen molar-refractivity contribution >= 4 is 0 Å². The summed E-state index contributed by atoms with van der Waals surface area (Å²) in [6.07, 6.45) is 6.50. The van der Waals surface area contributed by atoms with Crippen LogP contribution in [0.25, 0.3) is 0 Å². The van der Waals surface area contributed by atoms with E-state index in [1.165, 1.54) is 25.7 Å². The normalized spacial score (nSPS) is 18.3. The van der Waals surface area contributed by atoms with Crippen molar-refractivity contribution in [1.29, 1.82) is 5.26 Å². The van der Waals surface area contributed by atoms with E-state index in [4.69, 9.17) is 5.26 Å². The van der Waals surface area contributed by atoms with Crippen LogP contribution in [0.2, 0.25) is 0 Å². The molecule has 0 heterocycles. The van der Waals surface area contributed by atoms with Crippen molar-refractivity contribution < 1.29 is 0 Å². The average Bonchev–Trinajstić information content (AvgIpc) is 2.72. The van der Waals surface area contributed by atoms with Crippen LogP contribution in [0.3, 0.4) is 0 Å². The predicted molar refractivity (Wildman–Crippen MR) is 63.5 cm³/mol. The van der Waals surface area contributed by atoms with Crippen molar-refractivity contribution in [3.8, 4) is 6.07 Å². The van der Waals surface area contributed by atoms with Crippen LogP contribution in [0.15, 0.2) is 0 Å². The molecule has 0 aromatic heterocycles. The number of nitrogens with zero attached hydrogens (tertiary/aromatic N) is 2. The summed E-state index contributed by atoms with van der Waals surface area (Å²) in [7, 11) is 0. The highest BCUT2D eigenvalue weighted by Crippen LogP contribution is 2.25. The van der Waals surface area contributed by atoms with Crippen LogP contribution >= 0.6 is 0 Å². The van der Waals surface area contributed by atoms with E-state index in [0.717, 1.165) is 25.6 Å². The Morgan fingerprint density at radius 3 is 2.40 bits per heavy atom. The molecule has 0 aromatic carbocycles. The zero-order chi connectivity index (χ0) is 11.3. The molecule has 0 saturated heterocycles. The van der Waals surface area contributed by atoms with Gasteiger partial charge in [-0.1, -0.05) is 19.8 Å². The molecule has 0 aromatic rings. The van der Waals surface area contributed by atoms with Gasteiger partial charge in [-0.3, -0.25) is 0 Å². The highest BCUT2D eigenvalue weighted by Gasteiger charge is 2.24. The molecule has 1 saturated carbocycles. The second kappa shape index (κ2) is 5.51.